The average Bonchev–Trinajstić information content (AvgIpc) is 2.55. The molecular formula is C16H23NO7. The molecule has 0 radical (unpaired) electrons. The quantitative estimate of drug-likeness (QED) is 0.279. The van der Waals surface area contributed by atoms with Crippen LogP contribution in [-0.2, 0) is 14.2 Å². The summed E-state index contributed by atoms with van der Waals surface area (Å²) in [5.41, 5.74) is -0.0792. The zero-order valence-corrected chi connectivity index (χ0v) is 14.1. The molecule has 0 N–H and O–H groups in total. The predicted molar refractivity (Wildman–Crippen MR) is 86.2 cm³/mol. The van der Waals surface area contributed by atoms with Crippen molar-refractivity contribution in [1.82, 2.24) is 0 Å². The molecule has 2 unspecified atom stereocenters. The zero-order valence-electron chi connectivity index (χ0n) is 14.1. The van der Waals surface area contributed by atoms with Crippen molar-refractivity contribution in [3.8, 4) is 5.75 Å². The van der Waals surface area contributed by atoms with Gasteiger partial charge in [0.05, 0.1) is 23.7 Å². The van der Waals surface area contributed by atoms with E-state index in [4.69, 9.17) is 18.9 Å². The number of hydrogen-bond donors (Lipinski definition) is 0. The standard InChI is InChI=1S/C16H23NO7/c1-12(21-3)8-10-22-13(2)9-11-23-16(18)24-15-6-4-14(5-7-15)17(19)20/h4-7,12-13H,8-11H2,1-3H3. The largest absolute Gasteiger partial charge is 0.513 e. The maximum absolute atomic E-state index is 11.5. The lowest BCUT2D eigenvalue weighted by Crippen LogP contribution is -2.18. The predicted octanol–water partition coefficient (Wildman–Crippen LogP) is 3.33. The SMILES string of the molecule is COC(C)CCOC(C)CCOC(=O)Oc1ccc([N+](=O)[O-])cc1. The molecule has 0 aliphatic rings. The highest BCUT2D eigenvalue weighted by atomic mass is 16.7. The summed E-state index contributed by atoms with van der Waals surface area (Å²) < 4.78 is 20.6. The van der Waals surface area contributed by atoms with Crippen LogP contribution >= 0.6 is 0 Å². The number of nitro benzene ring substituents is 1. The van der Waals surface area contributed by atoms with Gasteiger partial charge in [0.15, 0.2) is 0 Å². The first-order valence-electron chi connectivity index (χ1n) is 7.65. The minimum atomic E-state index is -0.857. The molecule has 0 aromatic heterocycles. The van der Waals surface area contributed by atoms with Gasteiger partial charge in [0, 0.05) is 32.3 Å². The second kappa shape index (κ2) is 10.6. The Bertz CT molecular complexity index is 518. The first-order chi connectivity index (χ1) is 11.4. The van der Waals surface area contributed by atoms with Crippen molar-refractivity contribution in [2.75, 3.05) is 20.3 Å². The highest BCUT2D eigenvalue weighted by Crippen LogP contribution is 2.17. The Hall–Kier alpha value is -2.19. The van der Waals surface area contributed by atoms with Crippen LogP contribution in [0.25, 0.3) is 0 Å². The van der Waals surface area contributed by atoms with E-state index in [0.29, 0.717) is 13.0 Å². The summed E-state index contributed by atoms with van der Waals surface area (Å²) in [5.74, 6) is 0.184. The topological polar surface area (TPSA) is 97.1 Å². The van der Waals surface area contributed by atoms with Gasteiger partial charge in [0.2, 0.25) is 0 Å². The number of ether oxygens (including phenoxy) is 4. The number of rotatable bonds is 10. The van der Waals surface area contributed by atoms with Gasteiger partial charge in [-0.3, -0.25) is 10.1 Å². The Kier molecular flexibility index (Phi) is 8.74. The molecule has 8 nitrogen and oxygen atoms in total. The van der Waals surface area contributed by atoms with Crippen LogP contribution < -0.4 is 4.74 Å². The maximum Gasteiger partial charge on any atom is 0.513 e. The Labute approximate surface area is 140 Å². The molecule has 0 saturated heterocycles. The molecule has 0 aliphatic carbocycles. The van der Waals surface area contributed by atoms with Gasteiger partial charge < -0.3 is 18.9 Å². The van der Waals surface area contributed by atoms with Gasteiger partial charge in [-0.05, 0) is 32.4 Å². The monoisotopic (exact) mass is 341 g/mol. The van der Waals surface area contributed by atoms with E-state index >= 15 is 0 Å². The van der Waals surface area contributed by atoms with Crippen LogP contribution in [0, 0.1) is 10.1 Å². The number of carbonyl (C=O) groups excluding carboxylic acids is 1. The molecule has 0 bridgehead atoms. The molecule has 2 atom stereocenters. The molecule has 1 aromatic rings. The fourth-order valence-corrected chi connectivity index (χ4v) is 1.71. The molecular weight excluding hydrogens is 318 g/mol. The molecule has 1 rings (SSSR count). The molecule has 134 valence electrons. The number of carbonyl (C=O) groups is 1. The van der Waals surface area contributed by atoms with Crippen molar-refractivity contribution in [3.05, 3.63) is 34.4 Å². The van der Waals surface area contributed by atoms with Gasteiger partial charge in [0.25, 0.3) is 5.69 Å². The minimum Gasteiger partial charge on any atom is -0.434 e. The minimum absolute atomic E-state index is 0.0544. The van der Waals surface area contributed by atoms with Crippen LogP contribution in [0.2, 0.25) is 0 Å². The van der Waals surface area contributed by atoms with Crippen LogP contribution in [0.4, 0.5) is 10.5 Å². The summed E-state index contributed by atoms with van der Waals surface area (Å²) >= 11 is 0. The molecule has 0 fully saturated rings. The van der Waals surface area contributed by atoms with Gasteiger partial charge in [-0.1, -0.05) is 0 Å². The molecule has 0 amide bonds. The Morgan fingerprint density at radius 1 is 1.12 bits per heavy atom. The third-order valence-corrected chi connectivity index (χ3v) is 3.32. The normalized spacial score (nSPS) is 13.1. The molecule has 0 heterocycles. The highest BCUT2D eigenvalue weighted by Gasteiger charge is 2.10. The number of nitro groups is 1. The summed E-state index contributed by atoms with van der Waals surface area (Å²) in [6, 6.07) is 5.17. The van der Waals surface area contributed by atoms with Gasteiger partial charge in [-0.2, -0.15) is 0 Å². The number of benzene rings is 1. The maximum atomic E-state index is 11.5. The van der Waals surface area contributed by atoms with Gasteiger partial charge in [0.1, 0.15) is 5.75 Å². The van der Waals surface area contributed by atoms with Crippen LogP contribution in [0.5, 0.6) is 5.75 Å². The van der Waals surface area contributed by atoms with Crippen LogP contribution in [0.1, 0.15) is 26.7 Å². The number of hydrogen-bond acceptors (Lipinski definition) is 7. The van der Waals surface area contributed by atoms with Crippen LogP contribution in [0.3, 0.4) is 0 Å². The first kappa shape index (κ1) is 19.9. The molecule has 0 aliphatic heterocycles. The van der Waals surface area contributed by atoms with E-state index in [0.717, 1.165) is 6.42 Å². The average molecular weight is 341 g/mol. The van der Waals surface area contributed by atoms with Crippen molar-refractivity contribution < 1.29 is 28.7 Å². The Morgan fingerprint density at radius 2 is 1.75 bits per heavy atom. The van der Waals surface area contributed by atoms with Crippen molar-refractivity contribution >= 4 is 11.8 Å². The first-order valence-corrected chi connectivity index (χ1v) is 7.65. The molecule has 0 spiro atoms. The number of non-ortho nitro benzene ring substituents is 1. The molecule has 8 heteroatoms. The van der Waals surface area contributed by atoms with E-state index in [2.05, 4.69) is 0 Å². The van der Waals surface area contributed by atoms with E-state index in [-0.39, 0.29) is 30.3 Å². The fraction of sp³-hybridized carbons (Fsp3) is 0.562. The van der Waals surface area contributed by atoms with Gasteiger partial charge in [-0.25, -0.2) is 4.79 Å². The Morgan fingerprint density at radius 3 is 2.33 bits per heavy atom. The lowest BCUT2D eigenvalue weighted by Gasteiger charge is -2.15. The number of nitrogens with zero attached hydrogens (tertiary/aromatic N) is 1. The smallest absolute Gasteiger partial charge is 0.434 e. The van der Waals surface area contributed by atoms with Crippen LogP contribution in [0.15, 0.2) is 24.3 Å². The van der Waals surface area contributed by atoms with E-state index in [1.165, 1.54) is 24.3 Å². The van der Waals surface area contributed by atoms with Crippen molar-refractivity contribution in [2.45, 2.75) is 38.9 Å². The van der Waals surface area contributed by atoms with Crippen molar-refractivity contribution in [1.29, 1.82) is 0 Å². The lowest BCUT2D eigenvalue weighted by molar-refractivity contribution is -0.384. The van der Waals surface area contributed by atoms with Gasteiger partial charge in [-0.15, -0.1) is 0 Å². The third kappa shape index (κ3) is 7.89. The van der Waals surface area contributed by atoms with Crippen molar-refractivity contribution in [3.63, 3.8) is 0 Å². The lowest BCUT2D eigenvalue weighted by atomic mass is 10.3. The van der Waals surface area contributed by atoms with E-state index < -0.39 is 11.1 Å². The molecule has 0 saturated carbocycles. The second-order valence-corrected chi connectivity index (χ2v) is 5.26. The van der Waals surface area contributed by atoms with E-state index in [1.54, 1.807) is 7.11 Å². The van der Waals surface area contributed by atoms with Gasteiger partial charge >= 0.3 is 6.16 Å². The third-order valence-electron chi connectivity index (χ3n) is 3.32. The van der Waals surface area contributed by atoms with E-state index in [1.807, 2.05) is 13.8 Å². The zero-order chi connectivity index (χ0) is 17.9. The summed E-state index contributed by atoms with van der Waals surface area (Å²) in [5, 5.41) is 10.5. The van der Waals surface area contributed by atoms with Crippen molar-refractivity contribution in [2.24, 2.45) is 0 Å². The van der Waals surface area contributed by atoms with E-state index in [9.17, 15) is 14.9 Å². The fourth-order valence-electron chi connectivity index (χ4n) is 1.71. The Balaban J connectivity index is 2.20. The second-order valence-electron chi connectivity index (χ2n) is 5.26. The summed E-state index contributed by atoms with van der Waals surface area (Å²) in [6.07, 6.45) is 0.566. The molecule has 1 aromatic carbocycles. The number of methoxy groups -OCH3 is 1. The summed E-state index contributed by atoms with van der Waals surface area (Å²) in [7, 11) is 1.65. The highest BCUT2D eigenvalue weighted by molar-refractivity contribution is 5.63. The van der Waals surface area contributed by atoms with Crippen LogP contribution in [-0.4, -0.2) is 43.6 Å². The summed E-state index contributed by atoms with van der Waals surface area (Å²) in [4.78, 5) is 21.5. The summed E-state index contributed by atoms with van der Waals surface area (Å²) in [6.45, 7) is 4.59. The molecule has 24 heavy (non-hydrogen) atoms.